The Bertz CT molecular complexity index is 497. The van der Waals surface area contributed by atoms with Gasteiger partial charge in [-0.1, -0.05) is 31.2 Å². The molecular weight excluding hydrogens is 228 g/mol. The SMILES string of the molecule is CCNCCNc1cccc2c(S)cccc12. The molecule has 0 atom stereocenters. The zero-order valence-corrected chi connectivity index (χ0v) is 10.9. The Morgan fingerprint density at radius 3 is 2.59 bits per heavy atom. The fourth-order valence-electron chi connectivity index (χ4n) is 1.91. The first-order valence-corrected chi connectivity index (χ1v) is 6.43. The van der Waals surface area contributed by atoms with Crippen LogP contribution in [0.4, 0.5) is 5.69 Å². The molecule has 2 N–H and O–H groups in total. The van der Waals surface area contributed by atoms with Gasteiger partial charge in [-0.05, 0) is 24.1 Å². The van der Waals surface area contributed by atoms with E-state index in [1.165, 1.54) is 16.5 Å². The van der Waals surface area contributed by atoms with Crippen molar-refractivity contribution in [3.8, 4) is 0 Å². The van der Waals surface area contributed by atoms with Crippen LogP contribution >= 0.6 is 12.6 Å². The number of benzene rings is 2. The van der Waals surface area contributed by atoms with Gasteiger partial charge < -0.3 is 10.6 Å². The first kappa shape index (κ1) is 12.3. The highest BCUT2D eigenvalue weighted by molar-refractivity contribution is 7.80. The molecule has 0 saturated heterocycles. The Morgan fingerprint density at radius 2 is 1.76 bits per heavy atom. The molecule has 0 radical (unpaired) electrons. The normalized spacial score (nSPS) is 10.7. The topological polar surface area (TPSA) is 24.1 Å². The third-order valence-electron chi connectivity index (χ3n) is 2.77. The Morgan fingerprint density at radius 1 is 1.00 bits per heavy atom. The van der Waals surface area contributed by atoms with Crippen LogP contribution in [0.5, 0.6) is 0 Å². The lowest BCUT2D eigenvalue weighted by molar-refractivity contribution is 0.739. The Kier molecular flexibility index (Phi) is 4.29. The standard InChI is InChI=1S/C14H18N2S/c1-2-15-9-10-16-13-7-3-6-12-11(13)5-4-8-14(12)17/h3-8,15-17H,2,9-10H2,1H3. The third kappa shape index (κ3) is 2.93. The molecule has 3 heteroatoms. The van der Waals surface area contributed by atoms with E-state index in [0.717, 1.165) is 24.5 Å². The molecule has 2 nitrogen and oxygen atoms in total. The summed E-state index contributed by atoms with van der Waals surface area (Å²) in [7, 11) is 0. The summed E-state index contributed by atoms with van der Waals surface area (Å²) in [5.41, 5.74) is 1.18. The van der Waals surface area contributed by atoms with Crippen LogP contribution in [0.2, 0.25) is 0 Å². The summed E-state index contributed by atoms with van der Waals surface area (Å²) in [4.78, 5) is 1.03. The molecule has 0 unspecified atom stereocenters. The van der Waals surface area contributed by atoms with Gasteiger partial charge in [-0.15, -0.1) is 12.6 Å². The highest BCUT2D eigenvalue weighted by Gasteiger charge is 2.01. The van der Waals surface area contributed by atoms with Crippen LogP contribution in [0.1, 0.15) is 6.92 Å². The number of nitrogens with one attached hydrogen (secondary N) is 2. The lowest BCUT2D eigenvalue weighted by Crippen LogP contribution is -2.21. The lowest BCUT2D eigenvalue weighted by Gasteiger charge is -2.10. The van der Waals surface area contributed by atoms with Crippen LogP contribution in [0, 0.1) is 0 Å². The minimum atomic E-state index is 0.934. The summed E-state index contributed by atoms with van der Waals surface area (Å²) >= 11 is 4.48. The van der Waals surface area contributed by atoms with Crippen molar-refractivity contribution in [1.29, 1.82) is 0 Å². The number of hydrogen-bond acceptors (Lipinski definition) is 3. The van der Waals surface area contributed by atoms with Crippen LogP contribution in [-0.4, -0.2) is 19.6 Å². The molecule has 0 aliphatic carbocycles. The first-order valence-electron chi connectivity index (χ1n) is 5.98. The molecule has 0 aromatic heterocycles. The largest absolute Gasteiger partial charge is 0.383 e. The molecule has 0 aliphatic rings. The molecular formula is C14H18N2S. The summed E-state index contributed by atoms with van der Waals surface area (Å²) in [6.07, 6.45) is 0. The zero-order valence-electron chi connectivity index (χ0n) is 10.0. The number of anilines is 1. The van der Waals surface area contributed by atoms with E-state index < -0.39 is 0 Å². The second-order valence-corrected chi connectivity index (χ2v) is 4.44. The molecule has 2 aromatic rings. The molecule has 0 saturated carbocycles. The van der Waals surface area contributed by atoms with Crippen LogP contribution in [0.15, 0.2) is 41.3 Å². The molecule has 0 bridgehead atoms. The fourth-order valence-corrected chi connectivity index (χ4v) is 2.19. The Balaban J connectivity index is 2.19. The van der Waals surface area contributed by atoms with E-state index in [4.69, 9.17) is 0 Å². The molecule has 0 fully saturated rings. The fraction of sp³-hybridized carbons (Fsp3) is 0.286. The number of likely N-dealkylation sites (N-methyl/N-ethyl adjacent to an activating group) is 1. The molecule has 0 spiro atoms. The average Bonchev–Trinajstić information content (AvgIpc) is 2.36. The molecule has 90 valence electrons. The van der Waals surface area contributed by atoms with E-state index in [1.54, 1.807) is 0 Å². The third-order valence-corrected chi connectivity index (χ3v) is 3.16. The van der Waals surface area contributed by atoms with Gasteiger partial charge in [0, 0.05) is 29.1 Å². The Hall–Kier alpha value is -1.19. The van der Waals surface area contributed by atoms with Crippen molar-refractivity contribution in [3.63, 3.8) is 0 Å². The van der Waals surface area contributed by atoms with Gasteiger partial charge in [0.15, 0.2) is 0 Å². The quantitative estimate of drug-likeness (QED) is 0.557. The molecule has 2 rings (SSSR count). The van der Waals surface area contributed by atoms with Crippen molar-refractivity contribution < 1.29 is 0 Å². The van der Waals surface area contributed by atoms with Gasteiger partial charge >= 0.3 is 0 Å². The van der Waals surface area contributed by atoms with Crippen LogP contribution in [-0.2, 0) is 0 Å². The zero-order chi connectivity index (χ0) is 12.1. The van der Waals surface area contributed by atoms with E-state index >= 15 is 0 Å². The predicted octanol–water partition coefficient (Wildman–Crippen LogP) is 3.15. The minimum Gasteiger partial charge on any atom is -0.383 e. The highest BCUT2D eigenvalue weighted by Crippen LogP contribution is 2.27. The van der Waals surface area contributed by atoms with Crippen LogP contribution < -0.4 is 10.6 Å². The van der Waals surface area contributed by atoms with E-state index in [-0.39, 0.29) is 0 Å². The van der Waals surface area contributed by atoms with Crippen LogP contribution in [0.3, 0.4) is 0 Å². The predicted molar refractivity (Wildman–Crippen MR) is 78.2 cm³/mol. The summed E-state index contributed by atoms with van der Waals surface area (Å²) in [6, 6.07) is 12.5. The minimum absolute atomic E-state index is 0.934. The molecule has 0 amide bonds. The van der Waals surface area contributed by atoms with E-state index in [1.807, 2.05) is 12.1 Å². The summed E-state index contributed by atoms with van der Waals surface area (Å²) in [5.74, 6) is 0. The van der Waals surface area contributed by atoms with E-state index in [2.05, 4.69) is 54.5 Å². The average molecular weight is 246 g/mol. The van der Waals surface area contributed by atoms with Gasteiger partial charge in [0.25, 0.3) is 0 Å². The maximum absolute atomic E-state index is 4.48. The first-order chi connectivity index (χ1) is 8.33. The van der Waals surface area contributed by atoms with Gasteiger partial charge in [0.2, 0.25) is 0 Å². The van der Waals surface area contributed by atoms with Crippen molar-refractivity contribution in [3.05, 3.63) is 36.4 Å². The summed E-state index contributed by atoms with van der Waals surface area (Å²) in [5, 5.41) is 9.18. The monoisotopic (exact) mass is 246 g/mol. The Labute approximate surface area is 108 Å². The second-order valence-electron chi connectivity index (χ2n) is 3.96. The maximum Gasteiger partial charge on any atom is 0.0420 e. The van der Waals surface area contributed by atoms with Gasteiger partial charge in [-0.2, -0.15) is 0 Å². The number of thiol groups is 1. The highest BCUT2D eigenvalue weighted by atomic mass is 32.1. The van der Waals surface area contributed by atoms with Gasteiger partial charge in [0.1, 0.15) is 0 Å². The van der Waals surface area contributed by atoms with Crippen molar-refractivity contribution in [1.82, 2.24) is 5.32 Å². The van der Waals surface area contributed by atoms with Gasteiger partial charge in [-0.3, -0.25) is 0 Å². The number of fused-ring (bicyclic) bond motifs is 1. The molecule has 2 aromatic carbocycles. The van der Waals surface area contributed by atoms with Crippen LogP contribution in [0.25, 0.3) is 10.8 Å². The molecule has 0 heterocycles. The van der Waals surface area contributed by atoms with Crippen molar-refractivity contribution in [2.75, 3.05) is 25.0 Å². The summed E-state index contributed by atoms with van der Waals surface area (Å²) < 4.78 is 0. The smallest absolute Gasteiger partial charge is 0.0420 e. The van der Waals surface area contributed by atoms with Gasteiger partial charge in [-0.25, -0.2) is 0 Å². The van der Waals surface area contributed by atoms with Crippen molar-refractivity contribution in [2.24, 2.45) is 0 Å². The number of rotatable bonds is 5. The van der Waals surface area contributed by atoms with Crippen molar-refractivity contribution in [2.45, 2.75) is 11.8 Å². The van der Waals surface area contributed by atoms with Gasteiger partial charge in [0.05, 0.1) is 0 Å². The summed E-state index contributed by atoms with van der Waals surface area (Å²) in [6.45, 7) is 5.04. The second kappa shape index (κ2) is 5.94. The molecule has 17 heavy (non-hydrogen) atoms. The maximum atomic E-state index is 4.48. The van der Waals surface area contributed by atoms with Crippen molar-refractivity contribution >= 4 is 29.1 Å². The van der Waals surface area contributed by atoms with E-state index in [9.17, 15) is 0 Å². The number of hydrogen-bond donors (Lipinski definition) is 3. The van der Waals surface area contributed by atoms with E-state index in [0.29, 0.717) is 0 Å². The lowest BCUT2D eigenvalue weighted by atomic mass is 10.1. The molecule has 0 aliphatic heterocycles.